The molecule has 0 unspecified atom stereocenters. The van der Waals surface area contributed by atoms with Gasteiger partial charge < -0.3 is 20.2 Å². The fourth-order valence-electron chi connectivity index (χ4n) is 5.20. The van der Waals surface area contributed by atoms with Gasteiger partial charge in [0.2, 0.25) is 0 Å². The minimum atomic E-state index is -0.0359. The minimum Gasteiger partial charge on any atom is -0.495 e. The molecule has 5 N–H and O–H groups in total. The molecule has 34 heavy (non-hydrogen) atoms. The molecule has 0 atom stereocenters. The van der Waals surface area contributed by atoms with Gasteiger partial charge in [-0.15, -0.1) is 0 Å². The fraction of sp³-hybridized carbons (Fsp3) is 0.103. The second kappa shape index (κ2) is 7.59. The minimum absolute atomic E-state index is 0.00104. The molecule has 3 aromatic heterocycles. The first kappa shape index (κ1) is 20.2. The highest BCUT2D eigenvalue weighted by atomic mass is 16.3. The SMILES string of the molecule is Cc1[nH]c2ccccc2c1-c1ccc(Cc2cc(O)[nH]c2O)cc1-c1c(C)[nH]c2ccccc12. The molecule has 168 valence electrons. The van der Waals surface area contributed by atoms with E-state index in [2.05, 4.69) is 89.5 Å². The normalized spacial score (nSPS) is 11.6. The van der Waals surface area contributed by atoms with Crippen LogP contribution in [-0.2, 0) is 6.42 Å². The van der Waals surface area contributed by atoms with Crippen LogP contribution in [0.15, 0.2) is 72.8 Å². The maximum Gasteiger partial charge on any atom is 0.194 e. The lowest BCUT2D eigenvalue weighted by atomic mass is 9.89. The van der Waals surface area contributed by atoms with Crippen LogP contribution in [0, 0.1) is 13.8 Å². The molecule has 0 aliphatic heterocycles. The maximum absolute atomic E-state index is 10.2. The number of fused-ring (bicyclic) bond motifs is 2. The first-order chi connectivity index (χ1) is 16.5. The number of aromatic amines is 3. The van der Waals surface area contributed by atoms with Crippen molar-refractivity contribution >= 4 is 21.8 Å². The van der Waals surface area contributed by atoms with Crippen molar-refractivity contribution in [2.24, 2.45) is 0 Å². The molecule has 0 bridgehead atoms. The lowest BCUT2D eigenvalue weighted by Gasteiger charge is -2.14. The topological polar surface area (TPSA) is 87.8 Å². The first-order valence-electron chi connectivity index (χ1n) is 11.4. The Morgan fingerprint density at radius 2 is 1.24 bits per heavy atom. The van der Waals surface area contributed by atoms with Gasteiger partial charge in [-0.1, -0.05) is 54.6 Å². The second-order valence-electron chi connectivity index (χ2n) is 8.93. The number of hydrogen-bond acceptors (Lipinski definition) is 2. The molecule has 6 aromatic rings. The highest BCUT2D eigenvalue weighted by Crippen LogP contribution is 2.43. The molecule has 0 saturated carbocycles. The smallest absolute Gasteiger partial charge is 0.194 e. The summed E-state index contributed by atoms with van der Waals surface area (Å²) in [6, 6.07) is 24.8. The summed E-state index contributed by atoms with van der Waals surface area (Å²) < 4.78 is 0. The van der Waals surface area contributed by atoms with E-state index in [-0.39, 0.29) is 11.8 Å². The van der Waals surface area contributed by atoms with Gasteiger partial charge in [0.15, 0.2) is 11.8 Å². The average Bonchev–Trinajstić information content (AvgIpc) is 3.44. The van der Waals surface area contributed by atoms with Crippen molar-refractivity contribution in [1.82, 2.24) is 15.0 Å². The number of aryl methyl sites for hydroxylation is 2. The molecule has 0 spiro atoms. The van der Waals surface area contributed by atoms with Crippen LogP contribution in [0.1, 0.15) is 22.5 Å². The Bertz CT molecular complexity index is 1680. The van der Waals surface area contributed by atoms with Gasteiger partial charge in [-0.05, 0) is 42.7 Å². The summed E-state index contributed by atoms with van der Waals surface area (Å²) in [4.78, 5) is 9.65. The van der Waals surface area contributed by atoms with Crippen molar-refractivity contribution < 1.29 is 10.2 Å². The zero-order valence-electron chi connectivity index (χ0n) is 19.0. The van der Waals surface area contributed by atoms with Crippen LogP contribution in [0.25, 0.3) is 44.1 Å². The van der Waals surface area contributed by atoms with Crippen LogP contribution in [0.3, 0.4) is 0 Å². The zero-order chi connectivity index (χ0) is 23.4. The van der Waals surface area contributed by atoms with E-state index in [0.29, 0.717) is 12.0 Å². The average molecular weight is 448 g/mol. The number of rotatable bonds is 4. The van der Waals surface area contributed by atoms with Crippen LogP contribution in [-0.4, -0.2) is 25.2 Å². The van der Waals surface area contributed by atoms with Gasteiger partial charge in [0.1, 0.15) is 0 Å². The van der Waals surface area contributed by atoms with Gasteiger partial charge in [-0.3, -0.25) is 4.98 Å². The van der Waals surface area contributed by atoms with Crippen molar-refractivity contribution in [2.45, 2.75) is 20.3 Å². The number of para-hydroxylation sites is 2. The molecule has 3 heterocycles. The zero-order valence-corrected chi connectivity index (χ0v) is 19.0. The Kier molecular flexibility index (Phi) is 4.52. The summed E-state index contributed by atoms with van der Waals surface area (Å²) in [6.07, 6.45) is 0.504. The van der Waals surface area contributed by atoms with Gasteiger partial charge in [0, 0.05) is 62.4 Å². The molecule has 0 aliphatic rings. The van der Waals surface area contributed by atoms with E-state index >= 15 is 0 Å². The van der Waals surface area contributed by atoms with Crippen molar-refractivity contribution in [3.05, 3.63) is 95.3 Å². The highest BCUT2D eigenvalue weighted by Gasteiger charge is 2.20. The molecule has 0 aliphatic carbocycles. The van der Waals surface area contributed by atoms with Gasteiger partial charge in [0.25, 0.3) is 0 Å². The van der Waals surface area contributed by atoms with E-state index in [1.54, 1.807) is 6.07 Å². The van der Waals surface area contributed by atoms with Gasteiger partial charge in [-0.2, -0.15) is 0 Å². The molecule has 3 aromatic carbocycles. The van der Waals surface area contributed by atoms with E-state index < -0.39 is 0 Å². The Morgan fingerprint density at radius 3 is 1.82 bits per heavy atom. The summed E-state index contributed by atoms with van der Waals surface area (Å²) in [5.41, 5.74) is 10.9. The largest absolute Gasteiger partial charge is 0.495 e. The predicted molar refractivity (Wildman–Crippen MR) is 137 cm³/mol. The number of H-pyrrole nitrogens is 3. The van der Waals surface area contributed by atoms with Crippen LogP contribution in [0.5, 0.6) is 11.8 Å². The van der Waals surface area contributed by atoms with Crippen LogP contribution in [0.2, 0.25) is 0 Å². The summed E-state index contributed by atoms with van der Waals surface area (Å²) in [7, 11) is 0. The number of aromatic nitrogens is 3. The van der Waals surface area contributed by atoms with E-state index in [0.717, 1.165) is 39.1 Å². The van der Waals surface area contributed by atoms with Crippen molar-refractivity contribution in [3.8, 4) is 34.0 Å². The molecule has 5 heteroatoms. The van der Waals surface area contributed by atoms with Gasteiger partial charge in [0.05, 0.1) is 0 Å². The highest BCUT2D eigenvalue weighted by molar-refractivity contribution is 6.06. The van der Waals surface area contributed by atoms with Gasteiger partial charge in [-0.25, -0.2) is 0 Å². The van der Waals surface area contributed by atoms with Crippen molar-refractivity contribution in [1.29, 1.82) is 0 Å². The molecule has 5 nitrogen and oxygen atoms in total. The third-order valence-corrected chi connectivity index (χ3v) is 6.67. The van der Waals surface area contributed by atoms with Crippen molar-refractivity contribution in [3.63, 3.8) is 0 Å². The Morgan fingerprint density at radius 1 is 0.647 bits per heavy atom. The Hall–Kier alpha value is -4.38. The fourth-order valence-corrected chi connectivity index (χ4v) is 5.20. The lowest BCUT2D eigenvalue weighted by molar-refractivity contribution is 0.423. The van der Waals surface area contributed by atoms with Crippen molar-refractivity contribution in [2.75, 3.05) is 0 Å². The van der Waals surface area contributed by atoms with Crippen LogP contribution < -0.4 is 0 Å². The third-order valence-electron chi connectivity index (χ3n) is 6.67. The summed E-state index contributed by atoms with van der Waals surface area (Å²) >= 11 is 0. The number of aromatic hydroxyl groups is 2. The van der Waals surface area contributed by atoms with E-state index in [9.17, 15) is 10.2 Å². The molecule has 0 saturated heterocycles. The molecule has 0 amide bonds. The van der Waals surface area contributed by atoms with Crippen LogP contribution >= 0.6 is 0 Å². The number of nitrogens with one attached hydrogen (secondary N) is 3. The Balaban J connectivity index is 1.62. The molecule has 0 fully saturated rings. The number of benzene rings is 3. The monoisotopic (exact) mass is 447 g/mol. The molecule has 6 rings (SSSR count). The standard InChI is InChI=1S/C29H25N3O2/c1-16-27(21-7-3-5-9-24(21)30-16)20-12-11-18(13-19-15-26(33)32-29(19)34)14-23(20)28-17(2)31-25-10-6-4-8-22(25)28/h3-12,14-15,30-34H,13H2,1-2H3. The molecular weight excluding hydrogens is 422 g/mol. The summed E-state index contributed by atoms with van der Waals surface area (Å²) in [5.74, 6) is -0.0369. The summed E-state index contributed by atoms with van der Waals surface area (Å²) in [6.45, 7) is 4.24. The van der Waals surface area contributed by atoms with E-state index in [1.165, 1.54) is 21.9 Å². The number of hydrogen-bond donors (Lipinski definition) is 5. The lowest BCUT2D eigenvalue weighted by Crippen LogP contribution is -1.93. The molecule has 0 radical (unpaired) electrons. The summed E-state index contributed by atoms with van der Waals surface area (Å²) in [5, 5.41) is 22.3. The van der Waals surface area contributed by atoms with E-state index in [1.807, 2.05) is 6.07 Å². The maximum atomic E-state index is 10.2. The quantitative estimate of drug-likeness (QED) is 0.203. The van der Waals surface area contributed by atoms with Crippen LogP contribution in [0.4, 0.5) is 0 Å². The Labute approximate surface area is 196 Å². The van der Waals surface area contributed by atoms with E-state index in [4.69, 9.17) is 0 Å². The predicted octanol–water partition coefficient (Wildman–Crippen LogP) is 6.93. The second-order valence-corrected chi connectivity index (χ2v) is 8.93. The first-order valence-corrected chi connectivity index (χ1v) is 11.4. The molecular formula is C29H25N3O2. The van der Waals surface area contributed by atoms with Gasteiger partial charge >= 0.3 is 0 Å². The third kappa shape index (κ3) is 3.17.